The first-order chi connectivity index (χ1) is 11.2. The standard InChI is InChI=1S/C18H19ClFN3/c19-18-21-16(14-5-7-15(20)8-6-14)9-17(22-18)23(10-12-1-2-12)11-13-3-4-13/h5-9,12-13H,1-4,10-11H2. The van der Waals surface area contributed by atoms with Crippen LogP contribution >= 0.6 is 11.6 Å². The Morgan fingerprint density at radius 3 is 2.17 bits per heavy atom. The van der Waals surface area contributed by atoms with Crippen molar-refractivity contribution in [3.63, 3.8) is 0 Å². The van der Waals surface area contributed by atoms with E-state index in [0.717, 1.165) is 42.0 Å². The number of hydrogen-bond acceptors (Lipinski definition) is 3. The van der Waals surface area contributed by atoms with Crippen molar-refractivity contribution in [3.8, 4) is 11.3 Å². The van der Waals surface area contributed by atoms with E-state index in [1.807, 2.05) is 6.07 Å². The van der Waals surface area contributed by atoms with Crippen molar-refractivity contribution in [2.75, 3.05) is 18.0 Å². The zero-order valence-corrected chi connectivity index (χ0v) is 13.6. The lowest BCUT2D eigenvalue weighted by Gasteiger charge is -2.24. The number of nitrogens with zero attached hydrogens (tertiary/aromatic N) is 3. The number of hydrogen-bond donors (Lipinski definition) is 0. The molecule has 120 valence electrons. The molecule has 0 saturated heterocycles. The van der Waals surface area contributed by atoms with E-state index >= 15 is 0 Å². The normalized spacial score (nSPS) is 17.3. The minimum absolute atomic E-state index is 0.249. The maximum Gasteiger partial charge on any atom is 0.224 e. The van der Waals surface area contributed by atoms with Gasteiger partial charge in [0.25, 0.3) is 0 Å². The average Bonchev–Trinajstić information content (AvgIpc) is 3.42. The van der Waals surface area contributed by atoms with Gasteiger partial charge in [0, 0.05) is 24.7 Å². The summed E-state index contributed by atoms with van der Waals surface area (Å²) in [6.07, 6.45) is 5.24. The van der Waals surface area contributed by atoms with E-state index in [4.69, 9.17) is 11.6 Å². The van der Waals surface area contributed by atoms with Gasteiger partial charge in [-0.1, -0.05) is 0 Å². The highest BCUT2D eigenvalue weighted by Gasteiger charge is 2.30. The molecule has 0 aliphatic heterocycles. The van der Waals surface area contributed by atoms with Gasteiger partial charge < -0.3 is 4.90 Å². The molecule has 0 radical (unpaired) electrons. The molecule has 2 fully saturated rings. The van der Waals surface area contributed by atoms with Gasteiger partial charge in [0.15, 0.2) is 0 Å². The van der Waals surface area contributed by atoms with Gasteiger partial charge >= 0.3 is 0 Å². The Labute approximate surface area is 140 Å². The average molecular weight is 332 g/mol. The molecular formula is C18H19ClFN3. The van der Waals surface area contributed by atoms with E-state index in [1.54, 1.807) is 12.1 Å². The Kier molecular flexibility index (Phi) is 3.93. The first-order valence-corrected chi connectivity index (χ1v) is 8.60. The molecule has 5 heteroatoms. The zero-order valence-electron chi connectivity index (χ0n) is 12.9. The SMILES string of the molecule is Fc1ccc(-c2cc(N(CC3CC3)CC3CC3)nc(Cl)n2)cc1. The summed E-state index contributed by atoms with van der Waals surface area (Å²) in [6.45, 7) is 2.10. The van der Waals surface area contributed by atoms with Gasteiger partial charge in [0.1, 0.15) is 11.6 Å². The minimum Gasteiger partial charge on any atom is -0.356 e. The number of halogens is 2. The third-order valence-corrected chi connectivity index (χ3v) is 4.67. The second-order valence-electron chi connectivity index (χ2n) is 6.68. The van der Waals surface area contributed by atoms with E-state index in [2.05, 4.69) is 14.9 Å². The number of anilines is 1. The van der Waals surface area contributed by atoms with Crippen molar-refractivity contribution in [2.45, 2.75) is 25.7 Å². The van der Waals surface area contributed by atoms with Gasteiger partial charge in [0.05, 0.1) is 5.69 Å². The van der Waals surface area contributed by atoms with Gasteiger partial charge in [-0.3, -0.25) is 0 Å². The Bertz CT molecular complexity index is 682. The highest BCUT2D eigenvalue weighted by molar-refractivity contribution is 6.28. The monoisotopic (exact) mass is 331 g/mol. The van der Waals surface area contributed by atoms with E-state index in [0.29, 0.717) is 0 Å². The fourth-order valence-electron chi connectivity index (χ4n) is 2.82. The Morgan fingerprint density at radius 2 is 1.61 bits per heavy atom. The maximum atomic E-state index is 13.1. The molecule has 0 spiro atoms. The smallest absolute Gasteiger partial charge is 0.224 e. The van der Waals surface area contributed by atoms with Gasteiger partial charge in [0.2, 0.25) is 5.28 Å². The summed E-state index contributed by atoms with van der Waals surface area (Å²) in [4.78, 5) is 11.1. The van der Waals surface area contributed by atoms with Crippen LogP contribution in [0.1, 0.15) is 25.7 Å². The van der Waals surface area contributed by atoms with E-state index in [9.17, 15) is 4.39 Å². The van der Waals surface area contributed by atoms with Crippen LogP contribution in [0.15, 0.2) is 30.3 Å². The Morgan fingerprint density at radius 1 is 1.00 bits per heavy atom. The first-order valence-electron chi connectivity index (χ1n) is 8.23. The largest absolute Gasteiger partial charge is 0.356 e. The molecular weight excluding hydrogens is 313 g/mol. The molecule has 1 aromatic heterocycles. The second-order valence-corrected chi connectivity index (χ2v) is 7.02. The molecule has 0 bridgehead atoms. The minimum atomic E-state index is -0.252. The quantitative estimate of drug-likeness (QED) is 0.726. The van der Waals surface area contributed by atoms with Crippen molar-refractivity contribution >= 4 is 17.4 Å². The molecule has 3 nitrogen and oxygen atoms in total. The molecule has 0 amide bonds. The highest BCUT2D eigenvalue weighted by Crippen LogP contribution is 2.36. The Balaban J connectivity index is 1.64. The van der Waals surface area contributed by atoms with Crippen molar-refractivity contribution < 1.29 is 4.39 Å². The molecule has 2 aliphatic carbocycles. The Hall–Kier alpha value is -1.68. The van der Waals surface area contributed by atoms with E-state index < -0.39 is 0 Å². The van der Waals surface area contributed by atoms with Crippen LogP contribution in [0.3, 0.4) is 0 Å². The third-order valence-electron chi connectivity index (χ3n) is 4.50. The van der Waals surface area contributed by atoms with E-state index in [-0.39, 0.29) is 11.1 Å². The molecule has 0 unspecified atom stereocenters. The van der Waals surface area contributed by atoms with Crippen LogP contribution in [0.25, 0.3) is 11.3 Å². The van der Waals surface area contributed by atoms with Gasteiger partial charge in [-0.15, -0.1) is 0 Å². The molecule has 0 N–H and O–H groups in total. The van der Waals surface area contributed by atoms with Crippen LogP contribution in [0.2, 0.25) is 5.28 Å². The number of benzene rings is 1. The first kappa shape index (κ1) is 14.9. The van der Waals surface area contributed by atoms with Crippen molar-refractivity contribution in [1.29, 1.82) is 0 Å². The number of aromatic nitrogens is 2. The zero-order chi connectivity index (χ0) is 15.8. The van der Waals surface area contributed by atoms with Crippen LogP contribution < -0.4 is 4.90 Å². The predicted molar refractivity (Wildman–Crippen MR) is 90.1 cm³/mol. The summed E-state index contributed by atoms with van der Waals surface area (Å²) in [7, 11) is 0. The molecule has 4 rings (SSSR count). The molecule has 2 aliphatic rings. The van der Waals surface area contributed by atoms with Crippen molar-refractivity contribution in [3.05, 3.63) is 41.4 Å². The van der Waals surface area contributed by atoms with E-state index in [1.165, 1.54) is 37.8 Å². The molecule has 1 aromatic carbocycles. The summed E-state index contributed by atoms with van der Waals surface area (Å²) in [5.41, 5.74) is 1.60. The van der Waals surface area contributed by atoms with Crippen LogP contribution in [0.4, 0.5) is 10.2 Å². The summed E-state index contributed by atoms with van der Waals surface area (Å²) >= 11 is 6.16. The molecule has 1 heterocycles. The van der Waals surface area contributed by atoms with Crippen molar-refractivity contribution in [1.82, 2.24) is 9.97 Å². The summed E-state index contributed by atoms with van der Waals surface area (Å²) in [6, 6.07) is 8.31. The summed E-state index contributed by atoms with van der Waals surface area (Å²) in [5, 5.41) is 0.249. The van der Waals surface area contributed by atoms with Gasteiger partial charge in [-0.2, -0.15) is 0 Å². The summed E-state index contributed by atoms with van der Waals surface area (Å²) in [5.74, 6) is 2.22. The van der Waals surface area contributed by atoms with Crippen LogP contribution in [0, 0.1) is 17.7 Å². The molecule has 2 saturated carbocycles. The fourth-order valence-corrected chi connectivity index (χ4v) is 3.00. The molecule has 2 aromatic rings. The summed E-state index contributed by atoms with van der Waals surface area (Å²) < 4.78 is 13.1. The van der Waals surface area contributed by atoms with Crippen LogP contribution in [0.5, 0.6) is 0 Å². The maximum absolute atomic E-state index is 13.1. The lowest BCUT2D eigenvalue weighted by molar-refractivity contribution is 0.628. The predicted octanol–water partition coefficient (Wildman–Crippen LogP) is 4.56. The number of rotatable bonds is 6. The lowest BCUT2D eigenvalue weighted by atomic mass is 10.1. The van der Waals surface area contributed by atoms with Gasteiger partial charge in [-0.25, -0.2) is 14.4 Å². The molecule has 0 atom stereocenters. The van der Waals surface area contributed by atoms with Crippen molar-refractivity contribution in [2.24, 2.45) is 11.8 Å². The fraction of sp³-hybridized carbons (Fsp3) is 0.444. The second kappa shape index (κ2) is 6.08. The highest BCUT2D eigenvalue weighted by atomic mass is 35.5. The van der Waals surface area contributed by atoms with Crippen LogP contribution in [-0.2, 0) is 0 Å². The third kappa shape index (κ3) is 3.81. The lowest BCUT2D eigenvalue weighted by Crippen LogP contribution is -2.29. The van der Waals surface area contributed by atoms with Crippen LogP contribution in [-0.4, -0.2) is 23.1 Å². The van der Waals surface area contributed by atoms with Gasteiger partial charge in [-0.05, 0) is 73.4 Å². The molecule has 23 heavy (non-hydrogen) atoms. The topological polar surface area (TPSA) is 29.0 Å².